The number of esters is 1. The molecular weight excluding hydrogens is 324 g/mol. The van der Waals surface area contributed by atoms with E-state index in [1.165, 1.54) is 11.1 Å². The Kier molecular flexibility index (Phi) is 6.84. The molecule has 0 N–H and O–H groups in total. The molecule has 2 aromatic rings. The van der Waals surface area contributed by atoms with Crippen LogP contribution >= 0.6 is 0 Å². The molecule has 0 amide bonds. The molecule has 3 heteroatoms. The first-order valence-electron chi connectivity index (χ1n) is 9.33. The highest BCUT2D eigenvalue weighted by molar-refractivity contribution is 5.72. The Hall–Kier alpha value is -2.29. The second-order valence-electron chi connectivity index (χ2n) is 7.43. The predicted molar refractivity (Wildman–Crippen MR) is 106 cm³/mol. The van der Waals surface area contributed by atoms with Crippen molar-refractivity contribution in [2.75, 3.05) is 6.61 Å². The molecule has 0 atom stereocenters. The van der Waals surface area contributed by atoms with Gasteiger partial charge in [0, 0.05) is 6.42 Å². The second kappa shape index (κ2) is 8.88. The molecule has 26 heavy (non-hydrogen) atoms. The first-order chi connectivity index (χ1) is 12.3. The molecule has 3 nitrogen and oxygen atoms in total. The first-order valence-corrected chi connectivity index (χ1v) is 9.33. The zero-order valence-electron chi connectivity index (χ0n) is 16.6. The Bertz CT molecular complexity index is 730. The van der Waals surface area contributed by atoms with E-state index in [1.807, 2.05) is 44.2 Å². The summed E-state index contributed by atoms with van der Waals surface area (Å²) >= 11 is 0. The van der Waals surface area contributed by atoms with Crippen molar-refractivity contribution >= 4 is 5.97 Å². The molecule has 2 rings (SSSR count). The zero-order valence-corrected chi connectivity index (χ0v) is 16.6. The fourth-order valence-electron chi connectivity index (χ4n) is 2.57. The van der Waals surface area contributed by atoms with E-state index in [4.69, 9.17) is 9.47 Å². The van der Waals surface area contributed by atoms with Crippen LogP contribution in [-0.2, 0) is 10.2 Å². The van der Waals surface area contributed by atoms with Gasteiger partial charge >= 0.3 is 5.97 Å². The molecular formula is C23H30O3. The third-order valence-electron chi connectivity index (χ3n) is 5.02. The number of carbonyl (C=O) groups is 1. The first kappa shape index (κ1) is 20.0. The zero-order chi connectivity index (χ0) is 19.2. The number of carbonyl (C=O) groups excluding carboxylic acids is 1. The molecule has 0 aliphatic carbocycles. The van der Waals surface area contributed by atoms with Crippen LogP contribution in [0, 0.1) is 13.8 Å². The van der Waals surface area contributed by atoms with Crippen molar-refractivity contribution in [3.05, 3.63) is 59.2 Å². The maximum Gasteiger partial charge on any atom is 0.311 e. The lowest BCUT2D eigenvalue weighted by Crippen LogP contribution is -2.15. The molecule has 0 radical (unpaired) electrons. The lowest BCUT2D eigenvalue weighted by atomic mass is 9.82. The van der Waals surface area contributed by atoms with Gasteiger partial charge in [-0.05, 0) is 73.1 Å². The molecule has 0 aromatic heterocycles. The Morgan fingerprint density at radius 1 is 0.962 bits per heavy atom. The minimum atomic E-state index is -0.225. The topological polar surface area (TPSA) is 35.5 Å². The summed E-state index contributed by atoms with van der Waals surface area (Å²) in [6.45, 7) is 11.2. The van der Waals surface area contributed by atoms with E-state index < -0.39 is 0 Å². The van der Waals surface area contributed by atoms with E-state index in [0.717, 1.165) is 17.7 Å². The average Bonchev–Trinajstić information content (AvgIpc) is 2.62. The van der Waals surface area contributed by atoms with E-state index >= 15 is 0 Å². The number of benzene rings is 2. The van der Waals surface area contributed by atoms with Gasteiger partial charge in [-0.1, -0.05) is 39.0 Å². The third-order valence-corrected chi connectivity index (χ3v) is 5.02. The summed E-state index contributed by atoms with van der Waals surface area (Å²) in [6.07, 6.45) is 2.07. The van der Waals surface area contributed by atoms with Crippen molar-refractivity contribution in [2.24, 2.45) is 0 Å². The molecule has 2 aromatic carbocycles. The summed E-state index contributed by atoms with van der Waals surface area (Å²) in [4.78, 5) is 11.9. The Balaban J connectivity index is 1.74. The van der Waals surface area contributed by atoms with Crippen molar-refractivity contribution in [2.45, 2.75) is 59.3 Å². The van der Waals surface area contributed by atoms with Gasteiger partial charge < -0.3 is 9.47 Å². The lowest BCUT2D eigenvalue weighted by molar-refractivity contribution is -0.134. The molecule has 140 valence electrons. The van der Waals surface area contributed by atoms with Crippen molar-refractivity contribution in [3.8, 4) is 11.5 Å². The number of ether oxygens (including phenoxy) is 2. The van der Waals surface area contributed by atoms with Gasteiger partial charge in [0.1, 0.15) is 11.5 Å². The molecule has 0 spiro atoms. The largest absolute Gasteiger partial charge is 0.494 e. The maximum atomic E-state index is 11.9. The molecule has 0 fully saturated rings. The number of rotatable bonds is 8. The summed E-state index contributed by atoms with van der Waals surface area (Å²) in [5.41, 5.74) is 3.79. The summed E-state index contributed by atoms with van der Waals surface area (Å²) in [7, 11) is 0. The minimum absolute atomic E-state index is 0.177. The van der Waals surface area contributed by atoms with Gasteiger partial charge in [0.05, 0.1) is 6.61 Å². The van der Waals surface area contributed by atoms with Crippen LogP contribution in [0.4, 0.5) is 0 Å². The number of hydrogen-bond acceptors (Lipinski definition) is 3. The smallest absolute Gasteiger partial charge is 0.311 e. The van der Waals surface area contributed by atoms with Crippen LogP contribution < -0.4 is 9.47 Å². The number of hydrogen-bond donors (Lipinski definition) is 0. The van der Waals surface area contributed by atoms with Crippen LogP contribution in [0.2, 0.25) is 0 Å². The van der Waals surface area contributed by atoms with E-state index in [-0.39, 0.29) is 11.4 Å². The average molecular weight is 354 g/mol. The molecule has 0 saturated carbocycles. The predicted octanol–water partition coefficient (Wildman–Crippen LogP) is 5.76. The fourth-order valence-corrected chi connectivity index (χ4v) is 2.57. The van der Waals surface area contributed by atoms with Gasteiger partial charge in [-0.2, -0.15) is 0 Å². The van der Waals surface area contributed by atoms with Crippen LogP contribution in [0.15, 0.2) is 42.5 Å². The lowest BCUT2D eigenvalue weighted by Gasteiger charge is -2.23. The third kappa shape index (κ3) is 5.62. The monoisotopic (exact) mass is 354 g/mol. The van der Waals surface area contributed by atoms with Gasteiger partial charge in [-0.3, -0.25) is 4.79 Å². The molecule has 0 heterocycles. The molecule has 0 unspecified atom stereocenters. The Morgan fingerprint density at radius 3 is 2.23 bits per heavy atom. The highest BCUT2D eigenvalue weighted by Gasteiger charge is 2.17. The minimum Gasteiger partial charge on any atom is -0.494 e. The van der Waals surface area contributed by atoms with Gasteiger partial charge in [0.25, 0.3) is 0 Å². The van der Waals surface area contributed by atoms with E-state index in [0.29, 0.717) is 25.2 Å². The standard InChI is InChI=1S/C23H30O3/c1-6-23(4,5)19-10-13-20(14-11-19)25-15-7-8-22(24)26-21-12-9-17(2)18(3)16-21/h9-14,16H,6-8,15H2,1-5H3. The van der Waals surface area contributed by atoms with Crippen LogP contribution in [0.3, 0.4) is 0 Å². The van der Waals surface area contributed by atoms with Crippen molar-refractivity contribution < 1.29 is 14.3 Å². The van der Waals surface area contributed by atoms with Crippen LogP contribution in [-0.4, -0.2) is 12.6 Å². The van der Waals surface area contributed by atoms with Crippen LogP contribution in [0.25, 0.3) is 0 Å². The molecule has 0 aliphatic heterocycles. The van der Waals surface area contributed by atoms with E-state index in [9.17, 15) is 4.79 Å². The van der Waals surface area contributed by atoms with Crippen LogP contribution in [0.5, 0.6) is 11.5 Å². The SMILES string of the molecule is CCC(C)(C)c1ccc(OCCCC(=O)Oc2ccc(C)c(C)c2)cc1. The van der Waals surface area contributed by atoms with Gasteiger partial charge in [-0.25, -0.2) is 0 Å². The highest BCUT2D eigenvalue weighted by Crippen LogP contribution is 2.28. The molecule has 0 aliphatic rings. The Morgan fingerprint density at radius 2 is 1.62 bits per heavy atom. The van der Waals surface area contributed by atoms with Crippen molar-refractivity contribution in [1.82, 2.24) is 0 Å². The van der Waals surface area contributed by atoms with Gasteiger partial charge in [0.2, 0.25) is 0 Å². The van der Waals surface area contributed by atoms with E-state index in [2.05, 4.69) is 32.9 Å². The second-order valence-corrected chi connectivity index (χ2v) is 7.43. The van der Waals surface area contributed by atoms with Gasteiger partial charge in [0.15, 0.2) is 0 Å². The highest BCUT2D eigenvalue weighted by atomic mass is 16.5. The van der Waals surface area contributed by atoms with Crippen LogP contribution in [0.1, 0.15) is 56.7 Å². The maximum absolute atomic E-state index is 11.9. The number of aryl methyl sites for hydroxylation is 2. The van der Waals surface area contributed by atoms with Crippen molar-refractivity contribution in [1.29, 1.82) is 0 Å². The van der Waals surface area contributed by atoms with Crippen molar-refractivity contribution in [3.63, 3.8) is 0 Å². The summed E-state index contributed by atoms with van der Waals surface area (Å²) in [5.74, 6) is 1.22. The normalized spacial score (nSPS) is 11.3. The summed E-state index contributed by atoms with van der Waals surface area (Å²) < 4.78 is 11.1. The fraction of sp³-hybridized carbons (Fsp3) is 0.435. The summed E-state index contributed by atoms with van der Waals surface area (Å²) in [5, 5.41) is 0. The quantitative estimate of drug-likeness (QED) is 0.344. The molecule has 0 saturated heterocycles. The Labute approximate surface area is 157 Å². The van der Waals surface area contributed by atoms with Gasteiger partial charge in [-0.15, -0.1) is 0 Å². The summed E-state index contributed by atoms with van der Waals surface area (Å²) in [6, 6.07) is 13.9. The molecule has 0 bridgehead atoms. The van der Waals surface area contributed by atoms with E-state index in [1.54, 1.807) is 0 Å².